The molecule has 2 N–H and O–H groups in total. The van der Waals surface area contributed by atoms with E-state index in [-0.39, 0.29) is 0 Å². The Morgan fingerprint density at radius 3 is 2.79 bits per heavy atom. The van der Waals surface area contributed by atoms with Gasteiger partial charge in [-0.2, -0.15) is 0 Å². The van der Waals surface area contributed by atoms with Gasteiger partial charge in [0.1, 0.15) is 11.6 Å². The van der Waals surface area contributed by atoms with E-state index in [0.29, 0.717) is 5.82 Å². The Labute approximate surface area is 81.4 Å². The molecule has 0 radical (unpaired) electrons. The lowest BCUT2D eigenvalue weighted by Gasteiger charge is -2.08. The quantitative estimate of drug-likeness (QED) is 0.729. The molecule has 0 amide bonds. The van der Waals surface area contributed by atoms with Crippen molar-refractivity contribution in [2.75, 3.05) is 0 Å². The van der Waals surface area contributed by atoms with Crippen LogP contribution < -0.4 is 0 Å². The van der Waals surface area contributed by atoms with Crippen molar-refractivity contribution in [3.63, 3.8) is 0 Å². The summed E-state index contributed by atoms with van der Waals surface area (Å²) in [5, 5.41) is 9.92. The van der Waals surface area contributed by atoms with Crippen LogP contribution in [-0.4, -0.2) is 24.6 Å². The second kappa shape index (κ2) is 3.26. The molecule has 1 atom stereocenters. The average Bonchev–Trinajstić information content (AvgIpc) is 2.77. The first-order chi connectivity index (χ1) is 6.70. The third kappa shape index (κ3) is 1.31. The minimum Gasteiger partial charge on any atom is -0.379 e. The number of aliphatic hydroxyl groups excluding tert-OH is 1. The van der Waals surface area contributed by atoms with E-state index in [1.165, 1.54) is 0 Å². The summed E-state index contributed by atoms with van der Waals surface area (Å²) in [5.74, 6) is 1.40. The maximum absolute atomic E-state index is 9.92. The Bertz CT molecular complexity index is 418. The summed E-state index contributed by atoms with van der Waals surface area (Å²) in [6, 6.07) is 0. The Balaban J connectivity index is 2.36. The van der Waals surface area contributed by atoms with E-state index >= 15 is 0 Å². The smallest absolute Gasteiger partial charge is 0.153 e. The van der Waals surface area contributed by atoms with Crippen LogP contribution in [0, 0.1) is 6.92 Å². The molecule has 0 saturated heterocycles. The lowest BCUT2D eigenvalue weighted by molar-refractivity contribution is 0.202. The first kappa shape index (κ1) is 8.96. The van der Waals surface area contributed by atoms with Crippen molar-refractivity contribution >= 4 is 0 Å². The lowest BCUT2D eigenvalue weighted by atomic mass is 10.2. The van der Waals surface area contributed by atoms with Gasteiger partial charge in [0.15, 0.2) is 6.10 Å². The van der Waals surface area contributed by atoms with Gasteiger partial charge in [-0.15, -0.1) is 0 Å². The Morgan fingerprint density at radius 1 is 1.50 bits per heavy atom. The van der Waals surface area contributed by atoms with Crippen LogP contribution in [0.2, 0.25) is 0 Å². The van der Waals surface area contributed by atoms with Crippen molar-refractivity contribution < 1.29 is 5.11 Å². The average molecular weight is 192 g/mol. The predicted octanol–water partition coefficient (Wildman–Crippen LogP) is 0.533. The zero-order valence-electron chi connectivity index (χ0n) is 8.10. The second-order valence-electron chi connectivity index (χ2n) is 3.17. The molecule has 2 aromatic heterocycles. The molecule has 0 aliphatic rings. The largest absolute Gasteiger partial charge is 0.379 e. The SMILES string of the molecule is Cc1ncc(C(O)c2ncc[nH]2)n1C. The molecular weight excluding hydrogens is 180 g/mol. The van der Waals surface area contributed by atoms with Gasteiger partial charge in [0.25, 0.3) is 0 Å². The molecule has 0 bridgehead atoms. The molecule has 74 valence electrons. The molecule has 2 heterocycles. The molecule has 0 fully saturated rings. The highest BCUT2D eigenvalue weighted by Crippen LogP contribution is 2.18. The highest BCUT2D eigenvalue weighted by atomic mass is 16.3. The van der Waals surface area contributed by atoms with E-state index in [0.717, 1.165) is 11.5 Å². The highest BCUT2D eigenvalue weighted by molar-refractivity contribution is 5.14. The number of aromatic nitrogens is 4. The topological polar surface area (TPSA) is 66.7 Å². The number of aromatic amines is 1. The van der Waals surface area contributed by atoms with Gasteiger partial charge in [-0.05, 0) is 6.92 Å². The van der Waals surface area contributed by atoms with Gasteiger partial charge in [0.2, 0.25) is 0 Å². The minimum absolute atomic E-state index is 0.535. The number of nitrogens with one attached hydrogen (secondary N) is 1. The molecule has 0 saturated carbocycles. The van der Waals surface area contributed by atoms with Gasteiger partial charge in [0, 0.05) is 19.4 Å². The van der Waals surface area contributed by atoms with Crippen molar-refractivity contribution in [3.05, 3.63) is 35.9 Å². The first-order valence-electron chi connectivity index (χ1n) is 4.35. The van der Waals surface area contributed by atoms with E-state index in [1.54, 1.807) is 18.6 Å². The Kier molecular flexibility index (Phi) is 2.09. The number of rotatable bonds is 2. The maximum Gasteiger partial charge on any atom is 0.153 e. The summed E-state index contributed by atoms with van der Waals surface area (Å²) in [5.41, 5.74) is 0.734. The van der Waals surface area contributed by atoms with Crippen molar-refractivity contribution in [1.29, 1.82) is 0 Å². The zero-order valence-corrected chi connectivity index (χ0v) is 8.10. The monoisotopic (exact) mass is 192 g/mol. The van der Waals surface area contributed by atoms with Gasteiger partial charge in [-0.25, -0.2) is 9.97 Å². The standard InChI is InChI=1S/C9H12N4O/c1-6-12-5-7(13(6)2)8(14)9-10-3-4-11-9/h3-5,8,14H,1-2H3,(H,10,11). The van der Waals surface area contributed by atoms with Gasteiger partial charge < -0.3 is 14.7 Å². The van der Waals surface area contributed by atoms with Crippen LogP contribution in [0.15, 0.2) is 18.6 Å². The predicted molar refractivity (Wildman–Crippen MR) is 50.6 cm³/mol. The fourth-order valence-corrected chi connectivity index (χ4v) is 1.34. The van der Waals surface area contributed by atoms with Crippen LogP contribution in [0.5, 0.6) is 0 Å². The van der Waals surface area contributed by atoms with E-state index in [9.17, 15) is 5.11 Å². The number of hydrogen-bond acceptors (Lipinski definition) is 3. The minimum atomic E-state index is -0.740. The molecule has 1 unspecified atom stereocenters. The molecule has 0 aliphatic heterocycles. The number of aryl methyl sites for hydroxylation is 1. The number of nitrogens with zero attached hydrogens (tertiary/aromatic N) is 3. The molecule has 2 rings (SSSR count). The van der Waals surface area contributed by atoms with Gasteiger partial charge in [0.05, 0.1) is 11.9 Å². The second-order valence-corrected chi connectivity index (χ2v) is 3.17. The molecule has 14 heavy (non-hydrogen) atoms. The van der Waals surface area contributed by atoms with E-state index < -0.39 is 6.10 Å². The molecule has 0 aromatic carbocycles. The van der Waals surface area contributed by atoms with Crippen LogP contribution in [0.25, 0.3) is 0 Å². The van der Waals surface area contributed by atoms with Crippen molar-refractivity contribution in [1.82, 2.24) is 19.5 Å². The normalized spacial score (nSPS) is 13.1. The number of hydrogen-bond donors (Lipinski definition) is 2. The maximum atomic E-state index is 9.92. The van der Waals surface area contributed by atoms with Crippen molar-refractivity contribution in [3.8, 4) is 0 Å². The summed E-state index contributed by atoms with van der Waals surface area (Å²) in [4.78, 5) is 11.0. The summed E-state index contributed by atoms with van der Waals surface area (Å²) in [6.45, 7) is 1.89. The highest BCUT2D eigenvalue weighted by Gasteiger charge is 2.16. The van der Waals surface area contributed by atoms with Crippen LogP contribution in [0.3, 0.4) is 0 Å². The Hall–Kier alpha value is -1.62. The zero-order chi connectivity index (χ0) is 10.1. The van der Waals surface area contributed by atoms with Crippen LogP contribution in [0.1, 0.15) is 23.4 Å². The van der Waals surface area contributed by atoms with Crippen LogP contribution in [0.4, 0.5) is 0 Å². The number of H-pyrrole nitrogens is 1. The fourth-order valence-electron chi connectivity index (χ4n) is 1.34. The summed E-state index contributed by atoms with van der Waals surface area (Å²) >= 11 is 0. The van der Waals surface area contributed by atoms with E-state index in [1.807, 2.05) is 18.5 Å². The summed E-state index contributed by atoms with van der Waals surface area (Å²) in [7, 11) is 1.86. The molecular formula is C9H12N4O. The third-order valence-corrected chi connectivity index (χ3v) is 2.31. The molecule has 5 heteroatoms. The molecule has 5 nitrogen and oxygen atoms in total. The lowest BCUT2D eigenvalue weighted by Crippen LogP contribution is -2.07. The number of aliphatic hydroxyl groups is 1. The van der Waals surface area contributed by atoms with Crippen molar-refractivity contribution in [2.24, 2.45) is 7.05 Å². The molecule has 2 aromatic rings. The Morgan fingerprint density at radius 2 is 2.29 bits per heavy atom. The number of imidazole rings is 2. The van der Waals surface area contributed by atoms with Crippen LogP contribution in [-0.2, 0) is 7.05 Å². The summed E-state index contributed by atoms with van der Waals surface area (Å²) in [6.07, 6.45) is 4.21. The third-order valence-electron chi connectivity index (χ3n) is 2.31. The molecule has 0 aliphatic carbocycles. The van der Waals surface area contributed by atoms with Crippen molar-refractivity contribution in [2.45, 2.75) is 13.0 Å². The van der Waals surface area contributed by atoms with Gasteiger partial charge in [-0.3, -0.25) is 0 Å². The first-order valence-corrected chi connectivity index (χ1v) is 4.35. The van der Waals surface area contributed by atoms with E-state index in [4.69, 9.17) is 0 Å². The summed E-state index contributed by atoms with van der Waals surface area (Å²) < 4.78 is 1.84. The van der Waals surface area contributed by atoms with Crippen LogP contribution >= 0.6 is 0 Å². The van der Waals surface area contributed by atoms with E-state index in [2.05, 4.69) is 15.0 Å². The van der Waals surface area contributed by atoms with Gasteiger partial charge >= 0.3 is 0 Å². The molecule has 0 spiro atoms. The fraction of sp³-hybridized carbons (Fsp3) is 0.333. The van der Waals surface area contributed by atoms with Gasteiger partial charge in [-0.1, -0.05) is 0 Å².